The monoisotopic (exact) mass is 343 g/mol. The van der Waals surface area contributed by atoms with Crippen molar-refractivity contribution in [3.8, 4) is 10.6 Å². The Labute approximate surface area is 142 Å². The molecule has 4 heterocycles. The zero-order chi connectivity index (χ0) is 16.7. The second kappa shape index (κ2) is 5.95. The Morgan fingerprint density at radius 1 is 1.33 bits per heavy atom. The number of thiazole rings is 1. The molecule has 0 bridgehead atoms. The largest absolute Gasteiger partial charge is 0.381 e. The lowest BCUT2D eigenvalue weighted by Crippen LogP contribution is -2.31. The molecular formula is C16H17N5O2S. The summed E-state index contributed by atoms with van der Waals surface area (Å²) < 4.78 is 7.20. The summed E-state index contributed by atoms with van der Waals surface area (Å²) >= 11 is 1.45. The molecule has 0 spiro atoms. The van der Waals surface area contributed by atoms with Crippen LogP contribution < -0.4 is 11.3 Å². The molecule has 1 saturated heterocycles. The van der Waals surface area contributed by atoms with E-state index in [4.69, 9.17) is 10.5 Å². The first-order valence-electron chi connectivity index (χ1n) is 7.82. The minimum absolute atomic E-state index is 0.0439. The van der Waals surface area contributed by atoms with Gasteiger partial charge >= 0.3 is 0 Å². The summed E-state index contributed by atoms with van der Waals surface area (Å²) in [5, 5.41) is 3.41. The van der Waals surface area contributed by atoms with Crippen LogP contribution in [0.1, 0.15) is 24.6 Å². The van der Waals surface area contributed by atoms with E-state index in [-0.39, 0.29) is 17.5 Å². The number of hydrogen-bond donors (Lipinski definition) is 1. The predicted octanol–water partition coefficient (Wildman–Crippen LogP) is 2.16. The molecule has 0 amide bonds. The van der Waals surface area contributed by atoms with Crippen molar-refractivity contribution in [2.45, 2.75) is 25.8 Å². The van der Waals surface area contributed by atoms with Gasteiger partial charge in [0.1, 0.15) is 10.7 Å². The fraction of sp³-hybridized carbons (Fsp3) is 0.375. The lowest BCUT2D eigenvalue weighted by molar-refractivity contribution is 0.0697. The van der Waals surface area contributed by atoms with Crippen LogP contribution in [-0.2, 0) is 4.74 Å². The Kier molecular flexibility index (Phi) is 3.78. The van der Waals surface area contributed by atoms with Gasteiger partial charge < -0.3 is 10.5 Å². The third kappa shape index (κ3) is 2.47. The van der Waals surface area contributed by atoms with Crippen molar-refractivity contribution in [2.75, 3.05) is 18.9 Å². The average Bonchev–Trinajstić information content (AvgIpc) is 3.09. The van der Waals surface area contributed by atoms with Crippen LogP contribution in [0, 0.1) is 6.92 Å². The van der Waals surface area contributed by atoms with Gasteiger partial charge in [-0.05, 0) is 25.8 Å². The number of nitrogens with zero attached hydrogens (tertiary/aromatic N) is 4. The summed E-state index contributed by atoms with van der Waals surface area (Å²) in [6.45, 7) is 3.16. The van der Waals surface area contributed by atoms with Crippen LogP contribution in [0.3, 0.4) is 0 Å². The smallest absolute Gasteiger partial charge is 0.262 e. The van der Waals surface area contributed by atoms with Crippen LogP contribution in [0.5, 0.6) is 0 Å². The topological polar surface area (TPSA) is 95.9 Å². The Balaban J connectivity index is 2.06. The van der Waals surface area contributed by atoms with E-state index in [0.29, 0.717) is 29.4 Å². The second-order valence-corrected chi connectivity index (χ2v) is 6.71. The molecular weight excluding hydrogens is 326 g/mol. The van der Waals surface area contributed by atoms with Gasteiger partial charge in [-0.3, -0.25) is 9.36 Å². The number of anilines is 1. The minimum atomic E-state index is -0.0816. The Morgan fingerprint density at radius 2 is 2.12 bits per heavy atom. The average molecular weight is 343 g/mol. The van der Waals surface area contributed by atoms with Crippen LogP contribution in [0.2, 0.25) is 0 Å². The molecule has 0 atom stereocenters. The highest BCUT2D eigenvalue weighted by Crippen LogP contribution is 2.28. The summed E-state index contributed by atoms with van der Waals surface area (Å²) in [5.74, 6) is 0.183. The maximum absolute atomic E-state index is 13.2. The van der Waals surface area contributed by atoms with E-state index >= 15 is 0 Å². The lowest BCUT2D eigenvalue weighted by atomic mass is 10.1. The number of pyridine rings is 1. The number of aryl methyl sites for hydroxylation is 1. The third-order valence-corrected chi connectivity index (χ3v) is 5.12. The number of fused-ring (bicyclic) bond motifs is 1. The summed E-state index contributed by atoms with van der Waals surface area (Å²) in [5.41, 5.74) is 7.69. The maximum atomic E-state index is 13.2. The van der Waals surface area contributed by atoms with Gasteiger partial charge in [0, 0.05) is 36.2 Å². The molecule has 24 heavy (non-hydrogen) atoms. The Hall–Kier alpha value is -2.32. The molecule has 0 aromatic carbocycles. The predicted molar refractivity (Wildman–Crippen MR) is 93.1 cm³/mol. The van der Waals surface area contributed by atoms with Gasteiger partial charge in [0.2, 0.25) is 5.95 Å². The highest BCUT2D eigenvalue weighted by Gasteiger charge is 2.23. The maximum Gasteiger partial charge on any atom is 0.262 e. The molecule has 7 nitrogen and oxygen atoms in total. The van der Waals surface area contributed by atoms with Crippen molar-refractivity contribution in [1.29, 1.82) is 0 Å². The molecule has 1 aliphatic heterocycles. The molecule has 3 aromatic heterocycles. The number of nitrogens with two attached hydrogens (primary N) is 1. The van der Waals surface area contributed by atoms with Gasteiger partial charge in [-0.15, -0.1) is 11.3 Å². The number of ether oxygens (including phenoxy) is 1. The Morgan fingerprint density at radius 3 is 2.83 bits per heavy atom. The van der Waals surface area contributed by atoms with Gasteiger partial charge in [-0.25, -0.2) is 9.97 Å². The first-order valence-corrected chi connectivity index (χ1v) is 8.70. The lowest BCUT2D eigenvalue weighted by Gasteiger charge is -2.26. The quantitative estimate of drug-likeness (QED) is 0.766. The van der Waals surface area contributed by atoms with Gasteiger partial charge in [0.25, 0.3) is 5.56 Å². The van der Waals surface area contributed by atoms with Gasteiger partial charge in [0.05, 0.1) is 11.3 Å². The van der Waals surface area contributed by atoms with E-state index in [0.717, 1.165) is 23.9 Å². The van der Waals surface area contributed by atoms with E-state index in [1.165, 1.54) is 11.3 Å². The molecule has 1 aliphatic rings. The van der Waals surface area contributed by atoms with Gasteiger partial charge in [-0.1, -0.05) is 0 Å². The van der Waals surface area contributed by atoms with Gasteiger partial charge in [-0.2, -0.15) is 4.98 Å². The molecule has 8 heteroatoms. The van der Waals surface area contributed by atoms with Crippen molar-refractivity contribution < 1.29 is 4.74 Å². The molecule has 124 valence electrons. The second-order valence-electron chi connectivity index (χ2n) is 5.82. The molecule has 0 aliphatic carbocycles. The normalized spacial score (nSPS) is 15.9. The molecule has 3 aromatic rings. The summed E-state index contributed by atoms with van der Waals surface area (Å²) in [4.78, 5) is 26.1. The van der Waals surface area contributed by atoms with Crippen molar-refractivity contribution in [1.82, 2.24) is 19.5 Å². The van der Waals surface area contributed by atoms with E-state index < -0.39 is 0 Å². The highest BCUT2D eigenvalue weighted by atomic mass is 32.1. The zero-order valence-electron chi connectivity index (χ0n) is 13.2. The van der Waals surface area contributed by atoms with E-state index in [2.05, 4.69) is 15.0 Å². The summed E-state index contributed by atoms with van der Waals surface area (Å²) in [6, 6.07) is 1.88. The fourth-order valence-corrected chi connectivity index (χ4v) is 3.81. The van der Waals surface area contributed by atoms with E-state index in [1.807, 2.05) is 18.4 Å². The van der Waals surface area contributed by atoms with Crippen molar-refractivity contribution >= 4 is 28.3 Å². The number of hydrogen-bond acceptors (Lipinski definition) is 7. The fourth-order valence-electron chi connectivity index (χ4n) is 3.16. The first-order chi connectivity index (χ1) is 11.6. The molecule has 2 N–H and O–H groups in total. The van der Waals surface area contributed by atoms with Crippen LogP contribution in [0.25, 0.3) is 21.6 Å². The number of aromatic nitrogens is 4. The molecule has 4 rings (SSSR count). The zero-order valence-corrected chi connectivity index (χ0v) is 14.0. The van der Waals surface area contributed by atoms with E-state index in [9.17, 15) is 4.79 Å². The van der Waals surface area contributed by atoms with Gasteiger partial charge in [0.15, 0.2) is 0 Å². The SMILES string of the molecule is Cc1nc(N)nc2c1cc(-c1nccs1)c(=O)n2C1CCOCC1. The molecule has 0 saturated carbocycles. The Bertz CT molecular complexity index is 945. The van der Waals surface area contributed by atoms with Crippen LogP contribution in [0.4, 0.5) is 5.95 Å². The standard InChI is InChI=1S/C16H17N5O2S/c1-9-11-8-12(14-18-4-7-24-14)15(22)21(10-2-5-23-6-3-10)13(11)20-16(17)19-9/h4,7-8,10H,2-3,5-6H2,1H3,(H2,17,19,20). The van der Waals surface area contributed by atoms with Crippen LogP contribution in [-0.4, -0.2) is 32.7 Å². The van der Waals surface area contributed by atoms with E-state index in [1.54, 1.807) is 10.8 Å². The number of nitrogen functional groups attached to an aromatic ring is 1. The molecule has 0 unspecified atom stereocenters. The van der Waals surface area contributed by atoms with Crippen molar-refractivity contribution in [3.63, 3.8) is 0 Å². The van der Waals surface area contributed by atoms with Crippen LogP contribution >= 0.6 is 11.3 Å². The number of rotatable bonds is 2. The third-order valence-electron chi connectivity index (χ3n) is 4.32. The summed E-state index contributed by atoms with van der Waals surface area (Å²) in [7, 11) is 0. The molecule has 1 fully saturated rings. The first kappa shape index (κ1) is 15.2. The summed E-state index contributed by atoms with van der Waals surface area (Å²) in [6.07, 6.45) is 3.26. The van der Waals surface area contributed by atoms with Crippen LogP contribution in [0.15, 0.2) is 22.4 Å². The minimum Gasteiger partial charge on any atom is -0.381 e. The molecule has 0 radical (unpaired) electrons. The highest BCUT2D eigenvalue weighted by molar-refractivity contribution is 7.13. The van der Waals surface area contributed by atoms with Crippen molar-refractivity contribution in [2.24, 2.45) is 0 Å². The van der Waals surface area contributed by atoms with Crippen molar-refractivity contribution in [3.05, 3.63) is 33.7 Å².